The van der Waals surface area contributed by atoms with Crippen LogP contribution in [-0.4, -0.2) is 43.2 Å². The Labute approximate surface area is 103 Å². The van der Waals surface area contributed by atoms with Crippen LogP contribution in [0.3, 0.4) is 0 Å². The van der Waals surface area contributed by atoms with Crippen LogP contribution >= 0.6 is 0 Å². The molecular formula is C13H21N3O. The number of hydrogen-bond donors (Lipinski definition) is 1. The molecule has 0 aliphatic carbocycles. The second-order valence-electron chi connectivity index (χ2n) is 4.48. The normalized spacial score (nSPS) is 18.2. The van der Waals surface area contributed by atoms with E-state index in [1.165, 1.54) is 0 Å². The number of piperidine rings is 1. The van der Waals surface area contributed by atoms with Crippen molar-refractivity contribution in [2.75, 3.05) is 32.6 Å². The topological polar surface area (TPSA) is 37.4 Å². The lowest BCUT2D eigenvalue weighted by Crippen LogP contribution is -2.36. The highest BCUT2D eigenvalue weighted by Crippen LogP contribution is 2.15. The molecule has 0 radical (unpaired) electrons. The van der Waals surface area contributed by atoms with Crippen LogP contribution < -0.4 is 5.32 Å². The summed E-state index contributed by atoms with van der Waals surface area (Å²) in [7, 11) is 3.70. The van der Waals surface area contributed by atoms with Crippen LogP contribution in [0.1, 0.15) is 18.5 Å². The molecule has 1 fully saturated rings. The minimum absolute atomic E-state index is 0.447. The third-order valence-electron chi connectivity index (χ3n) is 3.32. The molecule has 2 rings (SSSR count). The van der Waals surface area contributed by atoms with Crippen LogP contribution in [-0.2, 0) is 11.3 Å². The Morgan fingerprint density at radius 2 is 2.18 bits per heavy atom. The number of hydrogen-bond acceptors (Lipinski definition) is 4. The van der Waals surface area contributed by atoms with Gasteiger partial charge in [0.1, 0.15) is 5.82 Å². The van der Waals surface area contributed by atoms with E-state index in [0.717, 1.165) is 44.0 Å². The van der Waals surface area contributed by atoms with Gasteiger partial charge in [0.15, 0.2) is 0 Å². The molecule has 0 amide bonds. The van der Waals surface area contributed by atoms with Crippen molar-refractivity contribution < 1.29 is 4.74 Å². The third kappa shape index (κ3) is 3.41. The van der Waals surface area contributed by atoms with Gasteiger partial charge in [0, 0.05) is 33.8 Å². The maximum atomic E-state index is 5.37. The highest BCUT2D eigenvalue weighted by atomic mass is 16.5. The minimum atomic E-state index is 0.447. The summed E-state index contributed by atoms with van der Waals surface area (Å²) in [4.78, 5) is 6.98. The minimum Gasteiger partial charge on any atom is -0.381 e. The number of methoxy groups -OCH3 is 1. The van der Waals surface area contributed by atoms with E-state index in [1.54, 1.807) is 7.11 Å². The van der Waals surface area contributed by atoms with E-state index >= 15 is 0 Å². The smallest absolute Gasteiger partial charge is 0.126 e. The van der Waals surface area contributed by atoms with E-state index in [-0.39, 0.29) is 0 Å². The summed E-state index contributed by atoms with van der Waals surface area (Å²) in [6, 6.07) is 6.12. The summed E-state index contributed by atoms with van der Waals surface area (Å²) in [5.74, 6) is 0.939. The molecule has 4 nitrogen and oxygen atoms in total. The van der Waals surface area contributed by atoms with Crippen molar-refractivity contribution in [2.45, 2.75) is 25.5 Å². The maximum absolute atomic E-state index is 5.37. The van der Waals surface area contributed by atoms with Crippen LogP contribution in [0.25, 0.3) is 0 Å². The van der Waals surface area contributed by atoms with Crippen molar-refractivity contribution in [3.05, 3.63) is 23.9 Å². The van der Waals surface area contributed by atoms with Crippen molar-refractivity contribution in [1.29, 1.82) is 0 Å². The quantitative estimate of drug-likeness (QED) is 0.862. The molecule has 1 aliphatic heterocycles. The van der Waals surface area contributed by atoms with Gasteiger partial charge in [-0.25, -0.2) is 4.98 Å². The van der Waals surface area contributed by atoms with Gasteiger partial charge < -0.3 is 10.1 Å². The van der Waals surface area contributed by atoms with Gasteiger partial charge in [0.2, 0.25) is 0 Å². The van der Waals surface area contributed by atoms with Crippen molar-refractivity contribution in [2.24, 2.45) is 0 Å². The number of aromatic nitrogens is 1. The van der Waals surface area contributed by atoms with Crippen molar-refractivity contribution in [1.82, 2.24) is 9.88 Å². The monoisotopic (exact) mass is 235 g/mol. The zero-order chi connectivity index (χ0) is 12.1. The fraction of sp³-hybridized carbons (Fsp3) is 0.615. The molecule has 0 spiro atoms. The summed E-state index contributed by atoms with van der Waals surface area (Å²) in [5, 5.41) is 3.07. The lowest BCUT2D eigenvalue weighted by molar-refractivity contribution is 0.0385. The number of nitrogens with zero attached hydrogens (tertiary/aromatic N) is 2. The lowest BCUT2D eigenvalue weighted by atomic mass is 10.1. The second kappa shape index (κ2) is 5.98. The predicted octanol–water partition coefficient (Wildman–Crippen LogP) is 1.73. The molecule has 0 aromatic carbocycles. The molecule has 0 saturated carbocycles. The SMILES string of the molecule is CNc1cccc(CN2CCC(OC)CC2)n1. The first-order chi connectivity index (χ1) is 8.31. The molecule has 0 bridgehead atoms. The Morgan fingerprint density at radius 1 is 1.41 bits per heavy atom. The largest absolute Gasteiger partial charge is 0.381 e. The zero-order valence-electron chi connectivity index (χ0n) is 10.6. The molecule has 1 aliphatic rings. The summed E-state index contributed by atoms with van der Waals surface area (Å²) < 4.78 is 5.37. The van der Waals surface area contributed by atoms with E-state index in [4.69, 9.17) is 4.74 Å². The summed E-state index contributed by atoms with van der Waals surface area (Å²) in [5.41, 5.74) is 1.13. The van der Waals surface area contributed by atoms with Gasteiger partial charge in [-0.1, -0.05) is 6.07 Å². The third-order valence-corrected chi connectivity index (χ3v) is 3.32. The molecule has 1 aromatic rings. The average Bonchev–Trinajstić information content (AvgIpc) is 2.40. The Bertz CT molecular complexity index is 348. The van der Waals surface area contributed by atoms with E-state index in [1.807, 2.05) is 13.1 Å². The maximum Gasteiger partial charge on any atom is 0.126 e. The fourth-order valence-electron chi connectivity index (χ4n) is 2.24. The number of pyridine rings is 1. The zero-order valence-corrected chi connectivity index (χ0v) is 10.6. The second-order valence-corrected chi connectivity index (χ2v) is 4.48. The molecule has 1 N–H and O–H groups in total. The van der Waals surface area contributed by atoms with Gasteiger partial charge >= 0.3 is 0 Å². The van der Waals surface area contributed by atoms with Crippen LogP contribution in [0.2, 0.25) is 0 Å². The first-order valence-corrected chi connectivity index (χ1v) is 6.20. The van der Waals surface area contributed by atoms with Crippen molar-refractivity contribution in [3.8, 4) is 0 Å². The van der Waals surface area contributed by atoms with Crippen LogP contribution in [0.5, 0.6) is 0 Å². The molecular weight excluding hydrogens is 214 g/mol. The van der Waals surface area contributed by atoms with Crippen molar-refractivity contribution >= 4 is 5.82 Å². The molecule has 94 valence electrons. The van der Waals surface area contributed by atoms with E-state index < -0.39 is 0 Å². The van der Waals surface area contributed by atoms with Gasteiger partial charge in [-0.05, 0) is 25.0 Å². The van der Waals surface area contributed by atoms with Crippen molar-refractivity contribution in [3.63, 3.8) is 0 Å². The number of anilines is 1. The predicted molar refractivity (Wildman–Crippen MR) is 69.1 cm³/mol. The van der Waals surface area contributed by atoms with Crippen LogP contribution in [0.4, 0.5) is 5.82 Å². The number of likely N-dealkylation sites (tertiary alicyclic amines) is 1. The van der Waals surface area contributed by atoms with Gasteiger partial charge in [0.05, 0.1) is 11.8 Å². The highest BCUT2D eigenvalue weighted by Gasteiger charge is 2.18. The number of nitrogens with one attached hydrogen (secondary N) is 1. The molecule has 2 heterocycles. The first kappa shape index (κ1) is 12.3. The molecule has 0 unspecified atom stereocenters. The van der Waals surface area contributed by atoms with E-state index in [9.17, 15) is 0 Å². The fourth-order valence-corrected chi connectivity index (χ4v) is 2.24. The van der Waals surface area contributed by atoms with Gasteiger partial charge in [0.25, 0.3) is 0 Å². The first-order valence-electron chi connectivity index (χ1n) is 6.20. The number of ether oxygens (including phenoxy) is 1. The van der Waals surface area contributed by atoms with Crippen LogP contribution in [0, 0.1) is 0 Å². The molecule has 1 saturated heterocycles. The Hall–Kier alpha value is -1.13. The van der Waals surface area contributed by atoms with Gasteiger partial charge in [-0.3, -0.25) is 4.90 Å². The summed E-state index contributed by atoms with van der Waals surface area (Å²) in [6.45, 7) is 3.14. The molecule has 17 heavy (non-hydrogen) atoms. The average molecular weight is 235 g/mol. The summed E-state index contributed by atoms with van der Waals surface area (Å²) in [6.07, 6.45) is 2.70. The lowest BCUT2D eigenvalue weighted by Gasteiger charge is -2.30. The standard InChI is InChI=1S/C13H21N3O/c1-14-13-5-3-4-11(15-13)10-16-8-6-12(17-2)7-9-16/h3-5,12H,6-10H2,1-2H3,(H,14,15). The van der Waals surface area contributed by atoms with E-state index in [0.29, 0.717) is 6.10 Å². The Balaban J connectivity index is 1.88. The molecule has 1 aromatic heterocycles. The van der Waals surface area contributed by atoms with Gasteiger partial charge in [-0.15, -0.1) is 0 Å². The summed E-state index contributed by atoms with van der Waals surface area (Å²) >= 11 is 0. The number of rotatable bonds is 4. The Kier molecular flexibility index (Phi) is 4.34. The Morgan fingerprint density at radius 3 is 2.82 bits per heavy atom. The van der Waals surface area contributed by atoms with Crippen LogP contribution in [0.15, 0.2) is 18.2 Å². The van der Waals surface area contributed by atoms with Gasteiger partial charge in [-0.2, -0.15) is 0 Å². The molecule has 4 heteroatoms. The molecule has 0 atom stereocenters. The highest BCUT2D eigenvalue weighted by molar-refractivity contribution is 5.34. The van der Waals surface area contributed by atoms with E-state index in [2.05, 4.69) is 27.3 Å².